The highest BCUT2D eigenvalue weighted by molar-refractivity contribution is 6.26. The van der Waals surface area contributed by atoms with Crippen molar-refractivity contribution in [1.82, 2.24) is 9.97 Å². The molecule has 0 saturated carbocycles. The number of nitrogens with zero attached hydrogens (tertiary/aromatic N) is 1. The number of ketones is 2. The predicted octanol–water partition coefficient (Wildman–Crippen LogP) is 4.37. The van der Waals surface area contributed by atoms with Crippen molar-refractivity contribution in [3.8, 4) is 0 Å². The number of benzene rings is 1. The number of unbranched alkanes of at least 4 members (excludes halogenated alkanes) is 2. The van der Waals surface area contributed by atoms with E-state index in [-0.39, 0.29) is 11.6 Å². The fraction of sp³-hybridized carbons (Fsp3) is 0.316. The molecule has 23 heavy (non-hydrogen) atoms. The van der Waals surface area contributed by atoms with Gasteiger partial charge in [0, 0.05) is 34.7 Å². The van der Waals surface area contributed by atoms with Crippen LogP contribution in [0.15, 0.2) is 54.1 Å². The van der Waals surface area contributed by atoms with Crippen molar-refractivity contribution in [3.63, 3.8) is 0 Å². The van der Waals surface area contributed by atoms with E-state index in [0.29, 0.717) is 22.3 Å². The first kappa shape index (κ1) is 16.9. The molecule has 4 heteroatoms. The van der Waals surface area contributed by atoms with E-state index in [4.69, 9.17) is 0 Å². The fourth-order valence-corrected chi connectivity index (χ4v) is 2.62. The minimum absolute atomic E-state index is 0.0108. The molecule has 1 aromatic carbocycles. The van der Waals surface area contributed by atoms with Crippen molar-refractivity contribution < 1.29 is 9.59 Å². The van der Waals surface area contributed by atoms with E-state index < -0.39 is 0 Å². The van der Waals surface area contributed by atoms with Gasteiger partial charge in [0.15, 0.2) is 11.6 Å². The van der Waals surface area contributed by atoms with Gasteiger partial charge in [-0.15, -0.1) is 0 Å². The van der Waals surface area contributed by atoms with E-state index in [9.17, 15) is 9.59 Å². The summed E-state index contributed by atoms with van der Waals surface area (Å²) < 4.78 is 0. The number of hydrogen-bond acceptors (Lipinski definition) is 3. The SMILES string of the molecule is CCCCCC1=C(C)C(=O)c2ccccc2C1=O.c1c[nH]cn1. The Morgan fingerprint density at radius 1 is 1.04 bits per heavy atom. The number of aromatic nitrogens is 2. The second-order valence-electron chi connectivity index (χ2n) is 5.53. The summed E-state index contributed by atoms with van der Waals surface area (Å²) in [6, 6.07) is 7.11. The lowest BCUT2D eigenvalue weighted by Crippen LogP contribution is -2.20. The molecule has 1 aliphatic carbocycles. The van der Waals surface area contributed by atoms with Crippen molar-refractivity contribution in [2.45, 2.75) is 39.5 Å². The normalized spacial score (nSPS) is 13.5. The van der Waals surface area contributed by atoms with Crippen LogP contribution in [0.3, 0.4) is 0 Å². The Morgan fingerprint density at radius 3 is 2.26 bits per heavy atom. The van der Waals surface area contributed by atoms with Gasteiger partial charge in [-0.05, 0) is 19.8 Å². The Morgan fingerprint density at radius 2 is 1.74 bits per heavy atom. The predicted molar refractivity (Wildman–Crippen MR) is 90.5 cm³/mol. The number of Topliss-reactive ketones (excluding diaryl/α,β-unsaturated/α-hetero) is 2. The molecule has 0 aliphatic heterocycles. The maximum Gasteiger partial charge on any atom is 0.190 e. The number of hydrogen-bond donors (Lipinski definition) is 1. The third-order valence-electron chi connectivity index (χ3n) is 3.92. The summed E-state index contributed by atoms with van der Waals surface area (Å²) >= 11 is 0. The smallest absolute Gasteiger partial charge is 0.190 e. The maximum atomic E-state index is 12.4. The van der Waals surface area contributed by atoms with Gasteiger partial charge in [-0.1, -0.05) is 44.0 Å². The Kier molecular flexibility index (Phi) is 6.03. The molecule has 1 aliphatic rings. The zero-order valence-electron chi connectivity index (χ0n) is 13.6. The van der Waals surface area contributed by atoms with Crippen LogP contribution >= 0.6 is 0 Å². The standard InChI is InChI=1S/C16H18O2.C3H4N2/c1-3-4-5-8-12-11(2)15(17)13-9-6-7-10-14(13)16(12)18;1-2-5-3-4-1/h6-7,9-10H,3-5,8H2,1-2H3;1-3H,(H,4,5). The highest BCUT2D eigenvalue weighted by Gasteiger charge is 2.28. The van der Waals surface area contributed by atoms with Gasteiger partial charge < -0.3 is 4.98 Å². The molecule has 120 valence electrons. The Hall–Kier alpha value is -2.49. The first-order valence-corrected chi connectivity index (χ1v) is 7.97. The highest BCUT2D eigenvalue weighted by Crippen LogP contribution is 2.28. The largest absolute Gasteiger partial charge is 0.351 e. The number of aromatic amines is 1. The molecule has 3 rings (SSSR count). The Bertz CT molecular complexity index is 683. The van der Waals surface area contributed by atoms with Gasteiger partial charge in [-0.25, -0.2) is 4.98 Å². The zero-order chi connectivity index (χ0) is 16.7. The first-order valence-electron chi connectivity index (χ1n) is 7.97. The monoisotopic (exact) mass is 310 g/mol. The van der Waals surface area contributed by atoms with Gasteiger partial charge in [0.25, 0.3) is 0 Å². The number of nitrogens with one attached hydrogen (secondary N) is 1. The number of carbonyl (C=O) groups is 2. The third kappa shape index (κ3) is 4.03. The molecule has 0 saturated heterocycles. The number of fused-ring (bicyclic) bond motifs is 1. The zero-order valence-corrected chi connectivity index (χ0v) is 13.6. The van der Waals surface area contributed by atoms with Crippen LogP contribution in [0.5, 0.6) is 0 Å². The minimum Gasteiger partial charge on any atom is -0.351 e. The number of allylic oxidation sites excluding steroid dienone is 2. The average Bonchev–Trinajstić information content (AvgIpc) is 3.16. The number of imidazole rings is 1. The van der Waals surface area contributed by atoms with Crippen molar-refractivity contribution in [2.75, 3.05) is 0 Å². The van der Waals surface area contributed by atoms with Crippen molar-refractivity contribution in [2.24, 2.45) is 0 Å². The van der Waals surface area contributed by atoms with E-state index in [1.54, 1.807) is 43.8 Å². The number of rotatable bonds is 4. The quantitative estimate of drug-likeness (QED) is 0.853. The molecule has 1 N–H and O–H groups in total. The molecule has 4 nitrogen and oxygen atoms in total. The highest BCUT2D eigenvalue weighted by atomic mass is 16.1. The van der Waals surface area contributed by atoms with Gasteiger partial charge in [-0.2, -0.15) is 0 Å². The summed E-state index contributed by atoms with van der Waals surface area (Å²) in [6.45, 7) is 3.90. The van der Waals surface area contributed by atoms with Crippen molar-refractivity contribution >= 4 is 11.6 Å². The molecule has 0 amide bonds. The van der Waals surface area contributed by atoms with Crippen LogP contribution in [0.4, 0.5) is 0 Å². The molecular weight excluding hydrogens is 288 g/mol. The summed E-state index contributed by atoms with van der Waals surface area (Å²) in [5.41, 5.74) is 2.47. The molecule has 0 unspecified atom stereocenters. The summed E-state index contributed by atoms with van der Waals surface area (Å²) in [5.74, 6) is 0.0514. The maximum absolute atomic E-state index is 12.4. The van der Waals surface area contributed by atoms with E-state index in [2.05, 4.69) is 16.9 Å². The van der Waals surface area contributed by atoms with Gasteiger partial charge in [0.1, 0.15) is 0 Å². The molecule has 0 fully saturated rings. The lowest BCUT2D eigenvalue weighted by molar-refractivity contribution is 0.0971. The second kappa shape index (κ2) is 8.22. The summed E-state index contributed by atoms with van der Waals surface area (Å²) in [5, 5.41) is 0. The van der Waals surface area contributed by atoms with Crippen LogP contribution in [0.1, 0.15) is 60.2 Å². The van der Waals surface area contributed by atoms with Crippen molar-refractivity contribution in [1.29, 1.82) is 0 Å². The Balaban J connectivity index is 0.000000326. The lowest BCUT2D eigenvalue weighted by Gasteiger charge is -2.18. The molecule has 2 aromatic rings. The lowest BCUT2D eigenvalue weighted by atomic mass is 9.83. The number of carbonyl (C=O) groups excluding carboxylic acids is 2. The summed E-state index contributed by atoms with van der Waals surface area (Å²) in [4.78, 5) is 31.0. The summed E-state index contributed by atoms with van der Waals surface area (Å²) in [7, 11) is 0. The van der Waals surface area contributed by atoms with Gasteiger partial charge in [-0.3, -0.25) is 9.59 Å². The van der Waals surface area contributed by atoms with Crippen molar-refractivity contribution in [3.05, 3.63) is 65.3 Å². The van der Waals surface area contributed by atoms with Crippen LogP contribution in [0.2, 0.25) is 0 Å². The molecule has 1 heterocycles. The number of H-pyrrole nitrogens is 1. The molecule has 0 radical (unpaired) electrons. The molecule has 0 spiro atoms. The van der Waals surface area contributed by atoms with Gasteiger partial charge >= 0.3 is 0 Å². The van der Waals surface area contributed by atoms with E-state index in [1.165, 1.54) is 0 Å². The van der Waals surface area contributed by atoms with E-state index in [1.807, 2.05) is 6.07 Å². The topological polar surface area (TPSA) is 62.8 Å². The van der Waals surface area contributed by atoms with E-state index >= 15 is 0 Å². The average molecular weight is 310 g/mol. The van der Waals surface area contributed by atoms with E-state index in [0.717, 1.165) is 25.7 Å². The fourth-order valence-electron chi connectivity index (χ4n) is 2.62. The molecule has 0 atom stereocenters. The first-order chi connectivity index (χ1) is 11.2. The van der Waals surface area contributed by atoms with Crippen LogP contribution < -0.4 is 0 Å². The van der Waals surface area contributed by atoms with Gasteiger partial charge in [0.05, 0.1) is 6.33 Å². The molecule has 1 aromatic heterocycles. The summed E-state index contributed by atoms with van der Waals surface area (Å²) in [6.07, 6.45) is 8.99. The van der Waals surface area contributed by atoms with Crippen LogP contribution in [0.25, 0.3) is 0 Å². The Labute approximate surface area is 136 Å². The molecule has 0 bridgehead atoms. The van der Waals surface area contributed by atoms with Crippen LogP contribution in [0, 0.1) is 0 Å². The van der Waals surface area contributed by atoms with Gasteiger partial charge in [0.2, 0.25) is 0 Å². The minimum atomic E-state index is 0.0108. The second-order valence-corrected chi connectivity index (χ2v) is 5.53. The van der Waals surface area contributed by atoms with Crippen LogP contribution in [-0.4, -0.2) is 21.5 Å². The van der Waals surface area contributed by atoms with Crippen LogP contribution in [-0.2, 0) is 0 Å². The third-order valence-corrected chi connectivity index (χ3v) is 3.92. The molecular formula is C19H22N2O2.